The lowest BCUT2D eigenvalue weighted by atomic mass is 9.98. The molecule has 80 valence electrons. The van der Waals surface area contributed by atoms with Gasteiger partial charge in [-0.3, -0.25) is 0 Å². The molecule has 0 saturated carbocycles. The summed E-state index contributed by atoms with van der Waals surface area (Å²) in [4.78, 5) is 12.8. The molecule has 0 unspecified atom stereocenters. The monoisotopic (exact) mass is 217 g/mol. The van der Waals surface area contributed by atoms with E-state index in [-0.39, 0.29) is 6.61 Å². The average Bonchev–Trinajstić information content (AvgIpc) is 2.26. The molecule has 0 radical (unpaired) electrons. The molecule has 4 nitrogen and oxygen atoms in total. The molecule has 1 heterocycles. The standard InChI is InChI=1S/C9H15NO3S/c11-7-8-1-4-10(5-2-8)6-3-9(12)13-14/h3,6,8,11,14H,1-2,4-5,7H2/b6-3+. The van der Waals surface area contributed by atoms with E-state index in [1.54, 1.807) is 6.20 Å². The van der Waals surface area contributed by atoms with E-state index in [0.717, 1.165) is 25.9 Å². The van der Waals surface area contributed by atoms with Crippen molar-refractivity contribution in [2.24, 2.45) is 5.92 Å². The van der Waals surface area contributed by atoms with Gasteiger partial charge in [0.05, 0.1) is 0 Å². The molecule has 0 aromatic carbocycles. The summed E-state index contributed by atoms with van der Waals surface area (Å²) in [6.07, 6.45) is 5.01. The summed E-state index contributed by atoms with van der Waals surface area (Å²) in [6.45, 7) is 2.01. The molecule has 1 aliphatic heterocycles. The fourth-order valence-corrected chi connectivity index (χ4v) is 1.54. The first kappa shape index (κ1) is 11.4. The van der Waals surface area contributed by atoms with Crippen LogP contribution in [0.3, 0.4) is 0 Å². The zero-order chi connectivity index (χ0) is 10.4. The highest BCUT2D eigenvalue weighted by Gasteiger charge is 2.15. The van der Waals surface area contributed by atoms with Gasteiger partial charge in [0, 0.05) is 44.9 Å². The molecule has 1 N–H and O–H groups in total. The van der Waals surface area contributed by atoms with E-state index in [1.165, 1.54) is 6.08 Å². The van der Waals surface area contributed by atoms with E-state index in [2.05, 4.69) is 17.1 Å². The van der Waals surface area contributed by atoms with Crippen LogP contribution in [0.25, 0.3) is 0 Å². The normalized spacial score (nSPS) is 18.9. The minimum atomic E-state index is -0.461. The number of aliphatic hydroxyl groups excluding tert-OH is 1. The lowest BCUT2D eigenvalue weighted by Crippen LogP contribution is -2.31. The second kappa shape index (κ2) is 5.93. The Morgan fingerprint density at radius 2 is 2.21 bits per heavy atom. The molecule has 0 bridgehead atoms. The van der Waals surface area contributed by atoms with E-state index in [4.69, 9.17) is 5.11 Å². The number of rotatable bonds is 3. The largest absolute Gasteiger partial charge is 0.396 e. The number of aliphatic hydroxyl groups is 1. The van der Waals surface area contributed by atoms with Gasteiger partial charge in [-0.15, -0.1) is 0 Å². The minimum Gasteiger partial charge on any atom is -0.396 e. The molecular formula is C9H15NO3S. The third-order valence-corrected chi connectivity index (χ3v) is 2.60. The van der Waals surface area contributed by atoms with Gasteiger partial charge >= 0.3 is 5.97 Å². The fraction of sp³-hybridized carbons (Fsp3) is 0.667. The number of carbonyl (C=O) groups is 1. The lowest BCUT2D eigenvalue weighted by molar-refractivity contribution is -0.127. The molecule has 1 saturated heterocycles. The van der Waals surface area contributed by atoms with Crippen LogP contribution in [-0.4, -0.2) is 35.7 Å². The Morgan fingerprint density at radius 1 is 1.57 bits per heavy atom. The molecule has 1 rings (SSSR count). The number of thiol groups is 1. The maximum absolute atomic E-state index is 10.7. The van der Waals surface area contributed by atoms with Crippen molar-refractivity contribution in [1.82, 2.24) is 4.90 Å². The molecule has 0 aromatic heterocycles. The summed E-state index contributed by atoms with van der Waals surface area (Å²) in [5, 5.41) is 8.91. The highest BCUT2D eigenvalue weighted by molar-refractivity contribution is 7.75. The first-order valence-electron chi connectivity index (χ1n) is 4.64. The topological polar surface area (TPSA) is 49.8 Å². The predicted octanol–water partition coefficient (Wildman–Crippen LogP) is 0.592. The molecule has 0 spiro atoms. The zero-order valence-electron chi connectivity index (χ0n) is 7.93. The van der Waals surface area contributed by atoms with Gasteiger partial charge in [-0.05, 0) is 18.8 Å². The van der Waals surface area contributed by atoms with Crippen molar-refractivity contribution in [3.63, 3.8) is 0 Å². The number of likely N-dealkylation sites (tertiary alicyclic amines) is 1. The maximum Gasteiger partial charge on any atom is 0.344 e. The van der Waals surface area contributed by atoms with Crippen LogP contribution in [-0.2, 0) is 8.98 Å². The van der Waals surface area contributed by atoms with Crippen molar-refractivity contribution in [1.29, 1.82) is 0 Å². The van der Waals surface area contributed by atoms with E-state index >= 15 is 0 Å². The SMILES string of the molecule is O=C(/C=C/N1CCC(CO)CC1)OS. The number of nitrogens with zero attached hydrogens (tertiary/aromatic N) is 1. The molecule has 0 aliphatic carbocycles. The molecule has 0 amide bonds. The van der Waals surface area contributed by atoms with Crippen molar-refractivity contribution in [2.75, 3.05) is 19.7 Å². The van der Waals surface area contributed by atoms with Gasteiger partial charge in [-0.1, -0.05) is 0 Å². The Hall–Kier alpha value is -0.680. The first-order valence-corrected chi connectivity index (χ1v) is 5.01. The average molecular weight is 217 g/mol. The third-order valence-electron chi connectivity index (χ3n) is 2.42. The van der Waals surface area contributed by atoms with Gasteiger partial charge in [0.2, 0.25) is 0 Å². The van der Waals surface area contributed by atoms with Gasteiger partial charge in [0.15, 0.2) is 0 Å². The van der Waals surface area contributed by atoms with E-state index in [0.29, 0.717) is 5.92 Å². The minimum absolute atomic E-state index is 0.260. The second-order valence-electron chi connectivity index (χ2n) is 3.39. The van der Waals surface area contributed by atoms with Crippen LogP contribution in [0.2, 0.25) is 0 Å². The van der Waals surface area contributed by atoms with Crippen LogP contribution in [0.15, 0.2) is 12.3 Å². The Kier molecular flexibility index (Phi) is 4.82. The van der Waals surface area contributed by atoms with Crippen LogP contribution in [0, 0.1) is 5.92 Å². The van der Waals surface area contributed by atoms with Gasteiger partial charge in [0.25, 0.3) is 0 Å². The smallest absolute Gasteiger partial charge is 0.344 e. The summed E-state index contributed by atoms with van der Waals surface area (Å²) in [6, 6.07) is 0. The van der Waals surface area contributed by atoms with Gasteiger partial charge in [-0.25, -0.2) is 4.79 Å². The third kappa shape index (κ3) is 3.59. The Morgan fingerprint density at radius 3 is 2.71 bits per heavy atom. The van der Waals surface area contributed by atoms with E-state index in [9.17, 15) is 4.79 Å². The summed E-state index contributed by atoms with van der Waals surface area (Å²) in [5.41, 5.74) is 0. The van der Waals surface area contributed by atoms with Crippen molar-refractivity contribution in [2.45, 2.75) is 12.8 Å². The number of carbonyl (C=O) groups excluding carboxylic acids is 1. The number of hydrogen-bond acceptors (Lipinski definition) is 5. The lowest BCUT2D eigenvalue weighted by Gasteiger charge is -2.29. The summed E-state index contributed by atoms with van der Waals surface area (Å²) < 4.78 is 4.19. The van der Waals surface area contributed by atoms with Crippen LogP contribution in [0.1, 0.15) is 12.8 Å². The first-order chi connectivity index (χ1) is 6.76. The van der Waals surface area contributed by atoms with Gasteiger partial charge in [-0.2, -0.15) is 0 Å². The van der Waals surface area contributed by atoms with Gasteiger partial charge in [0.1, 0.15) is 0 Å². The highest BCUT2D eigenvalue weighted by Crippen LogP contribution is 2.16. The molecular weight excluding hydrogens is 202 g/mol. The molecule has 14 heavy (non-hydrogen) atoms. The van der Waals surface area contributed by atoms with Crippen molar-refractivity contribution >= 4 is 18.9 Å². The van der Waals surface area contributed by atoms with E-state index in [1.807, 2.05) is 4.90 Å². The molecule has 0 aromatic rings. The van der Waals surface area contributed by atoms with E-state index < -0.39 is 5.97 Å². The fourth-order valence-electron chi connectivity index (χ4n) is 1.48. The Balaban J connectivity index is 2.28. The summed E-state index contributed by atoms with van der Waals surface area (Å²) in [7, 11) is 0. The van der Waals surface area contributed by atoms with Crippen LogP contribution in [0.4, 0.5) is 0 Å². The quantitative estimate of drug-likeness (QED) is 0.413. The molecule has 1 aliphatic rings. The zero-order valence-corrected chi connectivity index (χ0v) is 8.82. The Labute approximate surface area is 89.2 Å². The van der Waals surface area contributed by atoms with Crippen LogP contribution < -0.4 is 0 Å². The summed E-state index contributed by atoms with van der Waals surface area (Å²) in [5.74, 6) is -0.0471. The second-order valence-corrected chi connectivity index (χ2v) is 3.57. The predicted molar refractivity (Wildman–Crippen MR) is 55.6 cm³/mol. The molecule has 0 atom stereocenters. The maximum atomic E-state index is 10.7. The summed E-state index contributed by atoms with van der Waals surface area (Å²) >= 11 is 3.39. The highest BCUT2D eigenvalue weighted by atomic mass is 32.1. The van der Waals surface area contributed by atoms with Crippen LogP contribution in [0.5, 0.6) is 0 Å². The van der Waals surface area contributed by atoms with Crippen molar-refractivity contribution < 1.29 is 14.1 Å². The van der Waals surface area contributed by atoms with Gasteiger partial charge < -0.3 is 14.2 Å². The Bertz CT molecular complexity index is 212. The van der Waals surface area contributed by atoms with Crippen molar-refractivity contribution in [3.05, 3.63) is 12.3 Å². The molecule has 1 fully saturated rings. The number of hydrogen-bond donors (Lipinski definition) is 2. The number of piperidine rings is 1. The van der Waals surface area contributed by atoms with Crippen molar-refractivity contribution in [3.8, 4) is 0 Å². The van der Waals surface area contributed by atoms with Crippen LogP contribution >= 0.6 is 12.9 Å². The molecule has 5 heteroatoms.